The van der Waals surface area contributed by atoms with E-state index in [0.717, 1.165) is 28.0 Å². The summed E-state index contributed by atoms with van der Waals surface area (Å²) in [5.74, 6) is -2.64. The van der Waals surface area contributed by atoms with E-state index in [1.165, 1.54) is 28.6 Å². The van der Waals surface area contributed by atoms with Crippen LogP contribution in [0.15, 0.2) is 73.1 Å². The number of carbonyl (C=O) groups is 5. The Labute approximate surface area is 368 Å². The summed E-state index contributed by atoms with van der Waals surface area (Å²) in [6, 6.07) is 12.6. The molecule has 4 amide bonds. The number of aromatic nitrogens is 5. The van der Waals surface area contributed by atoms with Gasteiger partial charge in [0.05, 0.1) is 40.0 Å². The molecule has 5 atom stereocenters. The summed E-state index contributed by atoms with van der Waals surface area (Å²) in [6.45, 7) is 8.22. The molecular weight excluding hydrogens is 825 g/mol. The molecule has 63 heavy (non-hydrogen) atoms. The first-order valence-corrected chi connectivity index (χ1v) is 22.2. The van der Waals surface area contributed by atoms with Crippen LogP contribution in [0.2, 0.25) is 0 Å². The zero-order valence-electron chi connectivity index (χ0n) is 35.9. The largest absolute Gasteiger partial charge is 0.471 e. The number of ether oxygens (including phenoxy) is 3. The van der Waals surface area contributed by atoms with Crippen LogP contribution in [0.1, 0.15) is 88.8 Å². The molecule has 1 saturated carbocycles. The van der Waals surface area contributed by atoms with E-state index in [-0.39, 0.29) is 43.9 Å². The maximum absolute atomic E-state index is 15.4. The molecule has 328 valence electrons. The number of hydrogen-bond donors (Lipinski definition) is 1. The average molecular weight is 875 g/mol. The van der Waals surface area contributed by atoms with E-state index in [1.54, 1.807) is 34.6 Å². The fourth-order valence-electron chi connectivity index (χ4n) is 8.20. The Morgan fingerprint density at radius 1 is 0.921 bits per heavy atom. The standard InChI is InChI=1S/C46H50N8O8S/c1-6-60-43(58)46-23-29(46)16-10-8-7-9-11-20-34(50-38(55)28-24-47-27(2)48-25-28)41(56)53-26-30(22-35(53)42(57)54(46)44(59)62-45(3,4)5)61-39-37(49-31-17-12-13-18-32(31)51-39)40-52-33-19-14-15-21-36(33)63-40/h10,12-19,21,24-25,29-30,34-35H,6-9,11,20,22-23,26H2,1-5H3,(H,50,55)/t29-,30-,34+,35+,46-/m1/s1. The van der Waals surface area contributed by atoms with Gasteiger partial charge in [0.2, 0.25) is 11.8 Å². The number of para-hydroxylation sites is 3. The van der Waals surface area contributed by atoms with Crippen LogP contribution in [-0.2, 0) is 23.9 Å². The van der Waals surface area contributed by atoms with Gasteiger partial charge in [0.25, 0.3) is 11.8 Å². The Balaban J connectivity index is 1.22. The van der Waals surface area contributed by atoms with Crippen molar-refractivity contribution in [1.82, 2.24) is 40.0 Å². The zero-order chi connectivity index (χ0) is 44.5. The Morgan fingerprint density at radius 2 is 1.63 bits per heavy atom. The number of aryl methyl sites for hydroxylation is 1. The molecule has 1 saturated heterocycles. The molecule has 0 unspecified atom stereocenters. The maximum atomic E-state index is 15.4. The second-order valence-corrected chi connectivity index (χ2v) is 18.1. The number of rotatable bonds is 7. The highest BCUT2D eigenvalue weighted by molar-refractivity contribution is 7.21. The fourth-order valence-corrected chi connectivity index (χ4v) is 9.15. The third-order valence-corrected chi connectivity index (χ3v) is 12.4. The highest BCUT2D eigenvalue weighted by Gasteiger charge is 2.69. The van der Waals surface area contributed by atoms with E-state index >= 15 is 9.59 Å². The lowest BCUT2D eigenvalue weighted by Crippen LogP contribution is -2.60. The molecule has 3 aromatic heterocycles. The highest BCUT2D eigenvalue weighted by Crippen LogP contribution is 2.52. The number of fused-ring (bicyclic) bond motifs is 4. The Hall–Kier alpha value is -6.36. The lowest BCUT2D eigenvalue weighted by molar-refractivity contribution is -0.159. The van der Waals surface area contributed by atoms with Crippen molar-refractivity contribution in [2.45, 2.75) is 109 Å². The van der Waals surface area contributed by atoms with Gasteiger partial charge in [-0.3, -0.25) is 14.4 Å². The molecule has 3 aliphatic rings. The minimum atomic E-state index is -1.72. The number of hydrogen-bond acceptors (Lipinski definition) is 14. The van der Waals surface area contributed by atoms with E-state index in [4.69, 9.17) is 29.2 Å². The molecule has 0 spiro atoms. The van der Waals surface area contributed by atoms with Crippen molar-refractivity contribution < 1.29 is 38.2 Å². The number of esters is 1. The number of nitrogens with zero attached hydrogens (tertiary/aromatic N) is 7. The van der Waals surface area contributed by atoms with Gasteiger partial charge in [-0.2, -0.15) is 0 Å². The topological polar surface area (TPSA) is 196 Å². The Bertz CT molecular complexity index is 2560. The maximum Gasteiger partial charge on any atom is 0.418 e. The molecule has 8 rings (SSSR count). The monoisotopic (exact) mass is 874 g/mol. The van der Waals surface area contributed by atoms with Crippen molar-refractivity contribution in [2.75, 3.05) is 13.2 Å². The SMILES string of the molecule is CCOC(=O)[C@@]12C[C@H]1C=CCCCCC[C@H](NC(=O)c1cnc(C)nc1)C(=O)N1C[C@H](Oc3nc4ccccc4nc3-c3nc4ccccc4s3)C[C@H]1C(=O)N2C(=O)OC(C)(C)C. The van der Waals surface area contributed by atoms with Gasteiger partial charge in [0.1, 0.15) is 34.6 Å². The fraction of sp³-hybridized carbons (Fsp3) is 0.435. The number of imide groups is 1. The van der Waals surface area contributed by atoms with Crippen LogP contribution in [-0.4, -0.2) is 107 Å². The summed E-state index contributed by atoms with van der Waals surface area (Å²) in [6.07, 6.45) is 7.67. The minimum Gasteiger partial charge on any atom is -0.471 e. The number of nitrogens with one attached hydrogen (secondary N) is 1. The summed E-state index contributed by atoms with van der Waals surface area (Å²) >= 11 is 1.43. The first-order valence-electron chi connectivity index (χ1n) is 21.4. The summed E-state index contributed by atoms with van der Waals surface area (Å²) in [4.78, 5) is 97.9. The molecule has 0 radical (unpaired) electrons. The van der Waals surface area contributed by atoms with Crippen LogP contribution in [0.4, 0.5) is 4.79 Å². The molecule has 2 aromatic carbocycles. The predicted octanol–water partition coefficient (Wildman–Crippen LogP) is 6.76. The Morgan fingerprint density at radius 3 is 2.35 bits per heavy atom. The van der Waals surface area contributed by atoms with Crippen LogP contribution in [0.3, 0.4) is 0 Å². The van der Waals surface area contributed by atoms with E-state index in [0.29, 0.717) is 40.4 Å². The van der Waals surface area contributed by atoms with Crippen LogP contribution in [0, 0.1) is 12.8 Å². The van der Waals surface area contributed by atoms with Gasteiger partial charge < -0.3 is 24.4 Å². The first kappa shape index (κ1) is 43.3. The molecular formula is C46H50N8O8S. The van der Waals surface area contributed by atoms with E-state index in [9.17, 15) is 14.4 Å². The molecule has 16 nitrogen and oxygen atoms in total. The van der Waals surface area contributed by atoms with Gasteiger partial charge in [-0.25, -0.2) is 39.4 Å². The number of carbonyl (C=O) groups excluding carboxylic acids is 5. The molecule has 5 heterocycles. The predicted molar refractivity (Wildman–Crippen MR) is 233 cm³/mol. The first-order chi connectivity index (χ1) is 30.3. The normalized spacial score (nSPS) is 23.1. The molecule has 2 aliphatic heterocycles. The van der Waals surface area contributed by atoms with Gasteiger partial charge in [0, 0.05) is 24.7 Å². The number of thiazole rings is 1. The van der Waals surface area contributed by atoms with Crippen molar-refractivity contribution in [3.63, 3.8) is 0 Å². The van der Waals surface area contributed by atoms with Gasteiger partial charge in [-0.05, 0) is 84.6 Å². The van der Waals surface area contributed by atoms with Gasteiger partial charge >= 0.3 is 12.1 Å². The van der Waals surface area contributed by atoms with Crippen molar-refractivity contribution in [2.24, 2.45) is 5.92 Å². The quantitative estimate of drug-likeness (QED) is 0.133. The van der Waals surface area contributed by atoms with Gasteiger partial charge in [0.15, 0.2) is 11.2 Å². The number of allylic oxidation sites excluding steroid dienone is 1. The van der Waals surface area contributed by atoms with Gasteiger partial charge in [-0.1, -0.05) is 49.3 Å². The molecule has 5 aromatic rings. The second-order valence-electron chi connectivity index (χ2n) is 17.1. The van der Waals surface area contributed by atoms with Crippen LogP contribution in [0.25, 0.3) is 32.0 Å². The van der Waals surface area contributed by atoms with Crippen molar-refractivity contribution in [3.8, 4) is 16.6 Å². The van der Waals surface area contributed by atoms with Crippen LogP contribution in [0.5, 0.6) is 5.88 Å². The van der Waals surface area contributed by atoms with E-state index in [1.807, 2.05) is 60.7 Å². The smallest absolute Gasteiger partial charge is 0.418 e. The number of amides is 4. The number of benzene rings is 2. The van der Waals surface area contributed by atoms with Crippen LogP contribution < -0.4 is 10.1 Å². The summed E-state index contributed by atoms with van der Waals surface area (Å²) < 4.78 is 19.1. The Kier molecular flexibility index (Phi) is 12.2. The molecule has 1 aliphatic carbocycles. The van der Waals surface area contributed by atoms with Crippen molar-refractivity contribution in [3.05, 3.63) is 84.5 Å². The molecule has 0 bridgehead atoms. The van der Waals surface area contributed by atoms with Gasteiger partial charge in [-0.15, -0.1) is 11.3 Å². The average Bonchev–Trinajstić information content (AvgIpc) is 3.56. The van der Waals surface area contributed by atoms with E-state index < -0.39 is 65.0 Å². The van der Waals surface area contributed by atoms with Crippen molar-refractivity contribution >= 4 is 62.4 Å². The molecule has 2 fully saturated rings. The minimum absolute atomic E-state index is 0.00844. The summed E-state index contributed by atoms with van der Waals surface area (Å²) in [5, 5.41) is 3.45. The molecule has 17 heteroatoms. The van der Waals surface area contributed by atoms with Crippen molar-refractivity contribution in [1.29, 1.82) is 0 Å². The highest BCUT2D eigenvalue weighted by atomic mass is 32.1. The lowest BCUT2D eigenvalue weighted by Gasteiger charge is -2.35. The molecule has 1 N–H and O–H groups in total. The third kappa shape index (κ3) is 9.10. The lowest BCUT2D eigenvalue weighted by atomic mass is 10.0. The second kappa shape index (κ2) is 17.8. The third-order valence-electron chi connectivity index (χ3n) is 11.3. The zero-order valence-corrected chi connectivity index (χ0v) is 36.7. The van der Waals surface area contributed by atoms with Crippen LogP contribution >= 0.6 is 11.3 Å². The summed E-state index contributed by atoms with van der Waals surface area (Å²) in [7, 11) is 0. The van der Waals surface area contributed by atoms with E-state index in [2.05, 4.69) is 15.3 Å². The summed E-state index contributed by atoms with van der Waals surface area (Å²) in [5.41, 5.74) is -0.282.